The fourth-order valence-corrected chi connectivity index (χ4v) is 2.34. The smallest absolute Gasteiger partial charge is 0.339 e. The number of ether oxygens (including phenoxy) is 1. The number of morpholine rings is 1. The Balaban J connectivity index is 2.06. The zero-order chi connectivity index (χ0) is 15.6. The second-order valence-corrected chi connectivity index (χ2v) is 5.13. The van der Waals surface area contributed by atoms with Crippen LogP contribution in [0.4, 0.5) is 10.5 Å². The number of anilines is 1. The van der Waals surface area contributed by atoms with Crippen molar-refractivity contribution in [1.82, 2.24) is 4.90 Å². The molecule has 0 saturated carbocycles. The average Bonchev–Trinajstić information content (AvgIpc) is 2.37. The van der Waals surface area contributed by atoms with Crippen LogP contribution in [0.15, 0.2) is 18.2 Å². The van der Waals surface area contributed by atoms with Crippen molar-refractivity contribution in [1.29, 1.82) is 0 Å². The molecule has 7 heteroatoms. The van der Waals surface area contributed by atoms with Gasteiger partial charge in [-0.25, -0.2) is 9.59 Å². The van der Waals surface area contributed by atoms with Gasteiger partial charge >= 0.3 is 12.0 Å². The Morgan fingerprint density at radius 2 is 1.90 bits per heavy atom. The van der Waals surface area contributed by atoms with Crippen LogP contribution in [0.1, 0.15) is 24.2 Å². The van der Waals surface area contributed by atoms with E-state index in [1.807, 2.05) is 13.8 Å². The number of hydrogen-bond donors (Lipinski definition) is 3. The summed E-state index contributed by atoms with van der Waals surface area (Å²) in [4.78, 5) is 24.6. The number of phenols is 1. The average molecular weight is 294 g/mol. The molecule has 2 rings (SSSR count). The molecule has 2 atom stereocenters. The van der Waals surface area contributed by atoms with Gasteiger partial charge in [-0.15, -0.1) is 0 Å². The van der Waals surface area contributed by atoms with Gasteiger partial charge in [0.25, 0.3) is 0 Å². The molecule has 1 aliphatic rings. The summed E-state index contributed by atoms with van der Waals surface area (Å²) in [6.07, 6.45) is -0.0791. The molecule has 0 bridgehead atoms. The molecule has 2 amide bonds. The van der Waals surface area contributed by atoms with E-state index in [2.05, 4.69) is 5.32 Å². The lowest BCUT2D eigenvalue weighted by Gasteiger charge is -2.35. The van der Waals surface area contributed by atoms with E-state index in [1.165, 1.54) is 18.2 Å². The molecular formula is C14H18N2O5. The van der Waals surface area contributed by atoms with Crippen molar-refractivity contribution in [2.45, 2.75) is 26.1 Å². The van der Waals surface area contributed by atoms with Gasteiger partial charge in [-0.05, 0) is 26.0 Å². The molecule has 2 unspecified atom stereocenters. The number of carbonyl (C=O) groups is 2. The lowest BCUT2D eigenvalue weighted by Crippen LogP contribution is -2.49. The normalized spacial score (nSPS) is 21.9. The molecule has 114 valence electrons. The minimum atomic E-state index is -1.22. The van der Waals surface area contributed by atoms with Crippen LogP contribution in [0.5, 0.6) is 5.75 Å². The lowest BCUT2D eigenvalue weighted by molar-refractivity contribution is -0.0530. The number of amides is 2. The molecule has 1 aliphatic heterocycles. The number of rotatable bonds is 2. The second kappa shape index (κ2) is 6.01. The maximum Gasteiger partial charge on any atom is 0.339 e. The highest BCUT2D eigenvalue weighted by molar-refractivity contribution is 5.94. The highest BCUT2D eigenvalue weighted by atomic mass is 16.5. The third kappa shape index (κ3) is 3.63. The van der Waals surface area contributed by atoms with Gasteiger partial charge in [-0.3, -0.25) is 0 Å². The lowest BCUT2D eigenvalue weighted by atomic mass is 10.2. The number of urea groups is 1. The molecule has 1 heterocycles. The first kappa shape index (κ1) is 15.1. The number of aromatic carboxylic acids is 1. The Morgan fingerprint density at radius 3 is 2.43 bits per heavy atom. The van der Waals surface area contributed by atoms with E-state index in [0.29, 0.717) is 18.8 Å². The molecule has 1 aromatic rings. The highest BCUT2D eigenvalue weighted by Crippen LogP contribution is 2.22. The molecule has 0 aromatic heterocycles. The van der Waals surface area contributed by atoms with E-state index in [1.54, 1.807) is 4.90 Å². The van der Waals surface area contributed by atoms with Gasteiger partial charge < -0.3 is 25.2 Å². The number of carboxylic acids is 1. The van der Waals surface area contributed by atoms with Crippen LogP contribution < -0.4 is 5.32 Å². The number of nitrogens with zero attached hydrogens (tertiary/aromatic N) is 1. The van der Waals surface area contributed by atoms with Gasteiger partial charge in [0.15, 0.2) is 0 Å². The summed E-state index contributed by atoms with van der Waals surface area (Å²) >= 11 is 0. The minimum Gasteiger partial charge on any atom is -0.507 e. The van der Waals surface area contributed by atoms with Crippen LogP contribution in [0.2, 0.25) is 0 Å². The van der Waals surface area contributed by atoms with Gasteiger partial charge in [-0.1, -0.05) is 0 Å². The van der Waals surface area contributed by atoms with Crippen LogP contribution in [0.3, 0.4) is 0 Å². The number of nitrogens with one attached hydrogen (secondary N) is 1. The Hall–Kier alpha value is -2.28. The minimum absolute atomic E-state index is 0.0395. The zero-order valence-corrected chi connectivity index (χ0v) is 11.9. The summed E-state index contributed by atoms with van der Waals surface area (Å²) in [5, 5.41) is 21.1. The number of benzene rings is 1. The first-order valence-corrected chi connectivity index (χ1v) is 6.64. The number of carbonyl (C=O) groups excluding carboxylic acids is 1. The van der Waals surface area contributed by atoms with E-state index in [-0.39, 0.29) is 29.6 Å². The van der Waals surface area contributed by atoms with Crippen molar-refractivity contribution in [2.24, 2.45) is 0 Å². The number of aromatic hydroxyl groups is 1. The Kier molecular flexibility index (Phi) is 4.32. The van der Waals surface area contributed by atoms with Gasteiger partial charge in [-0.2, -0.15) is 0 Å². The van der Waals surface area contributed by atoms with Gasteiger partial charge in [0.1, 0.15) is 11.3 Å². The zero-order valence-electron chi connectivity index (χ0n) is 11.9. The second-order valence-electron chi connectivity index (χ2n) is 5.13. The van der Waals surface area contributed by atoms with E-state index in [9.17, 15) is 14.7 Å². The van der Waals surface area contributed by atoms with E-state index in [0.717, 1.165) is 0 Å². The van der Waals surface area contributed by atoms with Crippen LogP contribution in [-0.4, -0.2) is 52.4 Å². The highest BCUT2D eigenvalue weighted by Gasteiger charge is 2.26. The van der Waals surface area contributed by atoms with Crippen molar-refractivity contribution in [3.05, 3.63) is 23.8 Å². The fourth-order valence-electron chi connectivity index (χ4n) is 2.34. The largest absolute Gasteiger partial charge is 0.507 e. The van der Waals surface area contributed by atoms with Crippen LogP contribution >= 0.6 is 0 Å². The standard InChI is InChI=1S/C14H18N2O5/c1-8-6-16(7-9(2)21-8)14(20)15-10-3-4-11(13(18)19)12(17)5-10/h3-5,8-9,17H,6-7H2,1-2H3,(H,15,20)(H,18,19). The van der Waals surface area contributed by atoms with Crippen molar-refractivity contribution in [3.8, 4) is 5.75 Å². The van der Waals surface area contributed by atoms with Crippen molar-refractivity contribution in [2.75, 3.05) is 18.4 Å². The summed E-state index contributed by atoms with van der Waals surface area (Å²) in [6.45, 7) is 4.75. The predicted molar refractivity (Wildman–Crippen MR) is 75.7 cm³/mol. The molecule has 0 aliphatic carbocycles. The molecule has 7 nitrogen and oxygen atoms in total. The maximum absolute atomic E-state index is 12.2. The predicted octanol–water partition coefficient (Wildman–Crippen LogP) is 1.73. The van der Waals surface area contributed by atoms with Gasteiger partial charge in [0.2, 0.25) is 0 Å². The summed E-state index contributed by atoms with van der Waals surface area (Å²) in [5.74, 6) is -1.61. The fraction of sp³-hybridized carbons (Fsp3) is 0.429. The summed E-state index contributed by atoms with van der Waals surface area (Å²) in [7, 11) is 0. The Morgan fingerprint density at radius 1 is 1.29 bits per heavy atom. The molecule has 21 heavy (non-hydrogen) atoms. The summed E-state index contributed by atoms with van der Waals surface area (Å²) in [6, 6.07) is 3.60. The van der Waals surface area contributed by atoms with Gasteiger partial charge in [0, 0.05) is 24.8 Å². The van der Waals surface area contributed by atoms with Crippen molar-refractivity contribution < 1.29 is 24.5 Å². The SMILES string of the molecule is CC1CN(C(=O)Nc2ccc(C(=O)O)c(O)c2)CC(C)O1. The molecule has 0 spiro atoms. The topological polar surface area (TPSA) is 99.1 Å². The molecule has 1 aromatic carbocycles. The van der Waals surface area contributed by atoms with E-state index in [4.69, 9.17) is 9.84 Å². The number of carboxylic acid groups (broad SMARTS) is 1. The van der Waals surface area contributed by atoms with Crippen molar-refractivity contribution in [3.63, 3.8) is 0 Å². The van der Waals surface area contributed by atoms with Crippen LogP contribution in [0, 0.1) is 0 Å². The maximum atomic E-state index is 12.2. The van der Waals surface area contributed by atoms with Crippen LogP contribution in [-0.2, 0) is 4.74 Å². The van der Waals surface area contributed by atoms with Crippen LogP contribution in [0.25, 0.3) is 0 Å². The third-order valence-electron chi connectivity index (χ3n) is 3.19. The Bertz CT molecular complexity index is 550. The van der Waals surface area contributed by atoms with E-state index >= 15 is 0 Å². The first-order chi connectivity index (χ1) is 9.86. The molecule has 3 N–H and O–H groups in total. The first-order valence-electron chi connectivity index (χ1n) is 6.64. The molecule has 1 saturated heterocycles. The summed E-state index contributed by atoms with van der Waals surface area (Å²) < 4.78 is 5.55. The number of hydrogen-bond acceptors (Lipinski definition) is 4. The quantitative estimate of drug-likeness (QED) is 0.771. The third-order valence-corrected chi connectivity index (χ3v) is 3.19. The van der Waals surface area contributed by atoms with Crippen molar-refractivity contribution >= 4 is 17.7 Å². The Labute approximate surface area is 122 Å². The van der Waals surface area contributed by atoms with E-state index < -0.39 is 5.97 Å². The summed E-state index contributed by atoms with van der Waals surface area (Å²) in [5.41, 5.74) is 0.135. The molecule has 1 fully saturated rings. The molecule has 0 radical (unpaired) electrons. The molecular weight excluding hydrogens is 276 g/mol. The monoisotopic (exact) mass is 294 g/mol. The van der Waals surface area contributed by atoms with Gasteiger partial charge in [0.05, 0.1) is 12.2 Å².